The van der Waals surface area contributed by atoms with E-state index in [1.165, 1.54) is 42.8 Å². The summed E-state index contributed by atoms with van der Waals surface area (Å²) >= 11 is 0. The van der Waals surface area contributed by atoms with Crippen LogP contribution in [-0.4, -0.2) is 65.1 Å². The number of amides is 2. The SMILES string of the molecule is COCCN(CCOC)S(=O)(=O)c1ccc(C(=O)Nc2c(C(N)=O)oc3ccccc23)cc1. The molecule has 3 aromatic rings. The van der Waals surface area contributed by atoms with Gasteiger partial charge in [-0.15, -0.1) is 0 Å². The van der Waals surface area contributed by atoms with Crippen molar-refractivity contribution in [3.05, 3.63) is 59.9 Å². The minimum atomic E-state index is -3.82. The number of hydrogen-bond donors (Lipinski definition) is 2. The van der Waals surface area contributed by atoms with E-state index in [9.17, 15) is 18.0 Å². The van der Waals surface area contributed by atoms with Crippen molar-refractivity contribution in [1.82, 2.24) is 4.31 Å². The fourth-order valence-electron chi connectivity index (χ4n) is 3.19. The van der Waals surface area contributed by atoms with Gasteiger partial charge in [0.15, 0.2) is 0 Å². The van der Waals surface area contributed by atoms with Crippen LogP contribution in [0.2, 0.25) is 0 Å². The fourth-order valence-corrected chi connectivity index (χ4v) is 4.60. The Morgan fingerprint density at radius 1 is 1.00 bits per heavy atom. The molecule has 11 heteroatoms. The molecule has 176 valence electrons. The van der Waals surface area contributed by atoms with E-state index in [-0.39, 0.29) is 48.2 Å². The van der Waals surface area contributed by atoms with Gasteiger partial charge < -0.3 is 24.9 Å². The van der Waals surface area contributed by atoms with Crippen molar-refractivity contribution < 1.29 is 31.9 Å². The lowest BCUT2D eigenvalue weighted by atomic mass is 10.2. The van der Waals surface area contributed by atoms with Gasteiger partial charge in [-0.05, 0) is 36.4 Å². The van der Waals surface area contributed by atoms with Gasteiger partial charge in [0.1, 0.15) is 11.3 Å². The number of hydrogen-bond acceptors (Lipinski definition) is 7. The minimum Gasteiger partial charge on any atom is -0.449 e. The summed E-state index contributed by atoms with van der Waals surface area (Å²) in [4.78, 5) is 24.6. The van der Waals surface area contributed by atoms with E-state index in [2.05, 4.69) is 5.32 Å². The summed E-state index contributed by atoms with van der Waals surface area (Å²) in [7, 11) is -0.844. The molecule has 0 saturated carbocycles. The molecule has 0 bridgehead atoms. The van der Waals surface area contributed by atoms with Gasteiger partial charge in [-0.2, -0.15) is 4.31 Å². The number of nitrogens with two attached hydrogens (primary N) is 1. The number of ether oxygens (including phenoxy) is 2. The maximum Gasteiger partial charge on any atom is 0.286 e. The lowest BCUT2D eigenvalue weighted by Gasteiger charge is -2.21. The molecule has 3 N–H and O–H groups in total. The monoisotopic (exact) mass is 475 g/mol. The van der Waals surface area contributed by atoms with Crippen molar-refractivity contribution >= 4 is 38.5 Å². The fraction of sp³-hybridized carbons (Fsp3) is 0.273. The molecular weight excluding hydrogens is 450 g/mol. The minimum absolute atomic E-state index is 0.0258. The smallest absolute Gasteiger partial charge is 0.286 e. The van der Waals surface area contributed by atoms with Crippen LogP contribution in [0.5, 0.6) is 0 Å². The number of rotatable bonds is 11. The summed E-state index contributed by atoms with van der Waals surface area (Å²) in [5.41, 5.74) is 6.13. The molecule has 0 unspecified atom stereocenters. The molecule has 0 saturated heterocycles. The maximum atomic E-state index is 13.0. The Balaban J connectivity index is 1.84. The third-order valence-corrected chi connectivity index (χ3v) is 6.81. The Labute approximate surface area is 191 Å². The Morgan fingerprint density at radius 2 is 1.61 bits per heavy atom. The van der Waals surface area contributed by atoms with Crippen LogP contribution in [0.4, 0.5) is 5.69 Å². The number of benzene rings is 2. The Kier molecular flexibility index (Phi) is 7.82. The van der Waals surface area contributed by atoms with Gasteiger partial charge in [0.25, 0.3) is 11.8 Å². The highest BCUT2D eigenvalue weighted by molar-refractivity contribution is 7.89. The molecule has 0 fully saturated rings. The van der Waals surface area contributed by atoms with Crippen molar-refractivity contribution in [2.24, 2.45) is 5.73 Å². The second kappa shape index (κ2) is 10.6. The van der Waals surface area contributed by atoms with E-state index < -0.39 is 21.8 Å². The molecule has 0 atom stereocenters. The maximum absolute atomic E-state index is 13.0. The number of nitrogens with one attached hydrogen (secondary N) is 1. The van der Waals surface area contributed by atoms with Crippen LogP contribution in [0.3, 0.4) is 0 Å². The number of primary amides is 1. The van der Waals surface area contributed by atoms with E-state index in [1.807, 2.05) is 0 Å². The Bertz CT molecular complexity index is 1230. The van der Waals surface area contributed by atoms with E-state index in [1.54, 1.807) is 24.3 Å². The van der Waals surface area contributed by atoms with Crippen molar-refractivity contribution in [2.45, 2.75) is 4.90 Å². The first-order chi connectivity index (χ1) is 15.8. The predicted octanol–water partition coefficient (Wildman–Crippen LogP) is 2.07. The van der Waals surface area contributed by atoms with Crippen molar-refractivity contribution in [3.63, 3.8) is 0 Å². The molecule has 0 aliphatic rings. The third-order valence-electron chi connectivity index (χ3n) is 4.90. The summed E-state index contributed by atoms with van der Waals surface area (Å²) in [5.74, 6) is -1.55. The van der Waals surface area contributed by atoms with Crippen LogP contribution in [0.1, 0.15) is 20.9 Å². The van der Waals surface area contributed by atoms with Crippen LogP contribution in [0.25, 0.3) is 11.0 Å². The molecule has 0 spiro atoms. The Hall–Kier alpha value is -3.25. The number of para-hydroxylation sites is 1. The van der Waals surface area contributed by atoms with E-state index in [0.717, 1.165) is 0 Å². The zero-order chi connectivity index (χ0) is 24.0. The first kappa shape index (κ1) is 24.4. The summed E-state index contributed by atoms with van der Waals surface area (Å²) in [5, 5.41) is 3.16. The van der Waals surface area contributed by atoms with Crippen LogP contribution >= 0.6 is 0 Å². The van der Waals surface area contributed by atoms with Gasteiger partial charge >= 0.3 is 0 Å². The average molecular weight is 476 g/mol. The number of anilines is 1. The number of methoxy groups -OCH3 is 2. The van der Waals surface area contributed by atoms with E-state index >= 15 is 0 Å². The topological polar surface area (TPSA) is 141 Å². The van der Waals surface area contributed by atoms with Gasteiger partial charge in [-0.3, -0.25) is 9.59 Å². The molecular formula is C22H25N3O7S. The summed E-state index contributed by atoms with van der Waals surface area (Å²) in [6.45, 7) is 0.774. The highest BCUT2D eigenvalue weighted by Gasteiger charge is 2.25. The first-order valence-corrected chi connectivity index (χ1v) is 11.4. The van der Waals surface area contributed by atoms with Crippen LogP contribution < -0.4 is 11.1 Å². The summed E-state index contributed by atoms with van der Waals surface area (Å²) < 4.78 is 42.7. The predicted molar refractivity (Wildman–Crippen MR) is 122 cm³/mol. The Morgan fingerprint density at radius 3 is 2.18 bits per heavy atom. The van der Waals surface area contributed by atoms with Gasteiger partial charge in [0.2, 0.25) is 15.8 Å². The zero-order valence-electron chi connectivity index (χ0n) is 18.2. The van der Waals surface area contributed by atoms with E-state index in [4.69, 9.17) is 19.6 Å². The number of carbonyl (C=O) groups is 2. The molecule has 2 amide bonds. The largest absolute Gasteiger partial charge is 0.449 e. The first-order valence-electron chi connectivity index (χ1n) is 10.0. The summed E-state index contributed by atoms with van der Waals surface area (Å²) in [6, 6.07) is 12.3. The molecule has 0 aliphatic carbocycles. The number of nitrogens with zero attached hydrogens (tertiary/aromatic N) is 1. The molecule has 10 nitrogen and oxygen atoms in total. The van der Waals surface area contributed by atoms with Gasteiger partial charge in [-0.25, -0.2) is 8.42 Å². The van der Waals surface area contributed by atoms with Crippen molar-refractivity contribution in [2.75, 3.05) is 45.8 Å². The molecule has 1 heterocycles. The second-order valence-electron chi connectivity index (χ2n) is 7.03. The van der Waals surface area contributed by atoms with Crippen LogP contribution in [0.15, 0.2) is 57.8 Å². The average Bonchev–Trinajstić information content (AvgIpc) is 3.18. The number of furan rings is 1. The van der Waals surface area contributed by atoms with Gasteiger partial charge in [0, 0.05) is 38.3 Å². The van der Waals surface area contributed by atoms with Crippen LogP contribution in [-0.2, 0) is 19.5 Å². The molecule has 1 aromatic heterocycles. The zero-order valence-corrected chi connectivity index (χ0v) is 19.1. The summed E-state index contributed by atoms with van der Waals surface area (Å²) in [6.07, 6.45) is 0. The van der Waals surface area contributed by atoms with Crippen molar-refractivity contribution in [1.29, 1.82) is 0 Å². The molecule has 0 radical (unpaired) electrons. The van der Waals surface area contributed by atoms with Gasteiger partial charge in [0.05, 0.1) is 18.1 Å². The highest BCUT2D eigenvalue weighted by Crippen LogP contribution is 2.31. The molecule has 2 aromatic carbocycles. The number of sulfonamides is 1. The third kappa shape index (κ3) is 5.40. The molecule has 0 aliphatic heterocycles. The molecule has 33 heavy (non-hydrogen) atoms. The number of fused-ring (bicyclic) bond motifs is 1. The molecule has 3 rings (SSSR count). The second-order valence-corrected chi connectivity index (χ2v) is 8.97. The lowest BCUT2D eigenvalue weighted by Crippen LogP contribution is -2.36. The van der Waals surface area contributed by atoms with Gasteiger partial charge in [-0.1, -0.05) is 12.1 Å². The van der Waals surface area contributed by atoms with E-state index in [0.29, 0.717) is 11.0 Å². The normalized spacial score (nSPS) is 11.7. The quantitative estimate of drug-likeness (QED) is 0.432. The lowest BCUT2D eigenvalue weighted by molar-refractivity contribution is 0.0977. The number of carbonyl (C=O) groups excluding carboxylic acids is 2. The van der Waals surface area contributed by atoms with Crippen LogP contribution in [0, 0.1) is 0 Å². The highest BCUT2D eigenvalue weighted by atomic mass is 32.2. The van der Waals surface area contributed by atoms with Crippen molar-refractivity contribution in [3.8, 4) is 0 Å². The standard InChI is InChI=1S/C22H25N3O7S/c1-30-13-11-25(12-14-31-2)33(28,29)16-9-7-15(8-10-16)22(27)24-19-17-5-3-4-6-18(17)32-20(19)21(23)26/h3-10H,11-14H2,1-2H3,(H2,23,26)(H,24,27).